The van der Waals surface area contributed by atoms with Gasteiger partial charge in [-0.25, -0.2) is 0 Å². The van der Waals surface area contributed by atoms with E-state index >= 15 is 0 Å². The maximum atomic E-state index is 13.4. The van der Waals surface area contributed by atoms with E-state index < -0.39 is 5.60 Å². The molecular formula is C24H28N2O3. The van der Waals surface area contributed by atoms with Gasteiger partial charge in [0.2, 0.25) is 0 Å². The van der Waals surface area contributed by atoms with Gasteiger partial charge in [-0.05, 0) is 56.7 Å². The summed E-state index contributed by atoms with van der Waals surface area (Å²) in [6.07, 6.45) is 2.92. The van der Waals surface area contributed by atoms with Gasteiger partial charge in [-0.3, -0.25) is 9.59 Å². The molecule has 29 heavy (non-hydrogen) atoms. The van der Waals surface area contributed by atoms with Crippen LogP contribution in [0, 0.1) is 5.92 Å². The van der Waals surface area contributed by atoms with Gasteiger partial charge in [-0.2, -0.15) is 0 Å². The molecule has 0 saturated carbocycles. The Morgan fingerprint density at radius 1 is 1.07 bits per heavy atom. The van der Waals surface area contributed by atoms with Crippen LogP contribution >= 0.6 is 0 Å². The highest BCUT2D eigenvalue weighted by Gasteiger charge is 2.52. The molecule has 1 unspecified atom stereocenters. The topological polar surface area (TPSA) is 49.9 Å². The molecule has 0 spiro atoms. The molecule has 2 aliphatic heterocycles. The Balaban J connectivity index is 1.46. The summed E-state index contributed by atoms with van der Waals surface area (Å²) in [5, 5.41) is 0. The Kier molecular flexibility index (Phi) is 5.31. The summed E-state index contributed by atoms with van der Waals surface area (Å²) in [5.41, 5.74) is 0.563. The summed E-state index contributed by atoms with van der Waals surface area (Å²) in [4.78, 5) is 30.0. The summed E-state index contributed by atoms with van der Waals surface area (Å²) in [6, 6.07) is 17.9. The van der Waals surface area contributed by atoms with Crippen molar-refractivity contribution in [1.82, 2.24) is 4.90 Å². The minimum absolute atomic E-state index is 0.228. The third-order valence-electron chi connectivity index (χ3n) is 6.12. The summed E-state index contributed by atoms with van der Waals surface area (Å²) in [7, 11) is 0. The molecule has 0 bridgehead atoms. The van der Waals surface area contributed by atoms with Gasteiger partial charge in [-0.15, -0.1) is 0 Å². The maximum Gasteiger partial charge on any atom is 0.280 e. The van der Waals surface area contributed by atoms with Crippen molar-refractivity contribution in [3.8, 4) is 5.75 Å². The molecule has 5 nitrogen and oxygen atoms in total. The normalized spacial score (nSPS) is 22.2. The number of fused-ring (bicyclic) bond motifs is 1. The minimum Gasteiger partial charge on any atom is -0.465 e. The van der Waals surface area contributed by atoms with Gasteiger partial charge in [-0.1, -0.05) is 42.5 Å². The molecule has 0 aromatic heterocycles. The predicted molar refractivity (Wildman–Crippen MR) is 113 cm³/mol. The highest BCUT2D eigenvalue weighted by molar-refractivity contribution is 6.16. The number of likely N-dealkylation sites (tertiary alicyclic amines) is 1. The van der Waals surface area contributed by atoms with Gasteiger partial charge in [0.1, 0.15) is 5.75 Å². The molecular weight excluding hydrogens is 364 g/mol. The molecule has 0 N–H and O–H groups in total. The van der Waals surface area contributed by atoms with E-state index in [2.05, 4.69) is 24.3 Å². The van der Waals surface area contributed by atoms with Crippen molar-refractivity contribution < 1.29 is 14.3 Å². The van der Waals surface area contributed by atoms with Crippen molar-refractivity contribution in [1.29, 1.82) is 0 Å². The largest absolute Gasteiger partial charge is 0.465 e. The monoisotopic (exact) mass is 392 g/mol. The molecule has 1 saturated heterocycles. The SMILES string of the molecule is CCN1C(=O)C(C)(C(=O)N2CCC(Cc3ccccc3)CC2)Oc2ccccc21. The lowest BCUT2D eigenvalue weighted by molar-refractivity contribution is -0.157. The molecule has 2 aromatic carbocycles. The van der Waals surface area contributed by atoms with Crippen molar-refractivity contribution in [3.63, 3.8) is 0 Å². The lowest BCUT2D eigenvalue weighted by Crippen LogP contribution is -2.63. The van der Waals surface area contributed by atoms with E-state index in [1.165, 1.54) is 5.56 Å². The number of anilines is 1. The van der Waals surface area contributed by atoms with Crippen LogP contribution in [0.5, 0.6) is 5.75 Å². The fourth-order valence-corrected chi connectivity index (χ4v) is 4.44. The second-order valence-electron chi connectivity index (χ2n) is 8.08. The van der Waals surface area contributed by atoms with Crippen LogP contribution in [0.4, 0.5) is 5.69 Å². The average Bonchev–Trinajstić information content (AvgIpc) is 2.75. The molecule has 2 heterocycles. The first-order valence-electron chi connectivity index (χ1n) is 10.5. The zero-order chi connectivity index (χ0) is 20.4. The lowest BCUT2D eigenvalue weighted by Gasteiger charge is -2.42. The van der Waals surface area contributed by atoms with Crippen LogP contribution in [0.2, 0.25) is 0 Å². The third kappa shape index (κ3) is 3.61. The van der Waals surface area contributed by atoms with Gasteiger partial charge < -0.3 is 14.5 Å². The average molecular weight is 392 g/mol. The molecule has 5 heteroatoms. The van der Waals surface area contributed by atoms with E-state index in [0.29, 0.717) is 31.3 Å². The maximum absolute atomic E-state index is 13.4. The van der Waals surface area contributed by atoms with E-state index in [1.54, 1.807) is 16.7 Å². The Labute approximate surface area is 172 Å². The Morgan fingerprint density at radius 2 is 1.72 bits per heavy atom. The zero-order valence-electron chi connectivity index (χ0n) is 17.1. The van der Waals surface area contributed by atoms with Gasteiger partial charge in [0.05, 0.1) is 5.69 Å². The van der Waals surface area contributed by atoms with Crippen molar-refractivity contribution in [2.45, 2.75) is 38.7 Å². The van der Waals surface area contributed by atoms with E-state index in [0.717, 1.165) is 24.9 Å². The highest BCUT2D eigenvalue weighted by atomic mass is 16.5. The number of likely N-dealkylation sites (N-methyl/N-ethyl adjacent to an activating group) is 1. The van der Waals surface area contributed by atoms with E-state index in [1.807, 2.05) is 37.3 Å². The van der Waals surface area contributed by atoms with E-state index in [4.69, 9.17) is 4.74 Å². The molecule has 1 atom stereocenters. The summed E-state index contributed by atoms with van der Waals surface area (Å²) in [5.74, 6) is 0.637. The summed E-state index contributed by atoms with van der Waals surface area (Å²) < 4.78 is 6.02. The van der Waals surface area contributed by atoms with E-state index in [9.17, 15) is 9.59 Å². The van der Waals surface area contributed by atoms with Crippen LogP contribution in [0.15, 0.2) is 54.6 Å². The fraction of sp³-hybridized carbons (Fsp3) is 0.417. The Hall–Kier alpha value is -2.82. The number of rotatable bonds is 4. The molecule has 4 rings (SSSR count). The number of nitrogens with zero attached hydrogens (tertiary/aromatic N) is 2. The highest BCUT2D eigenvalue weighted by Crippen LogP contribution is 2.38. The Morgan fingerprint density at radius 3 is 2.41 bits per heavy atom. The number of carbonyl (C=O) groups excluding carboxylic acids is 2. The van der Waals surface area contributed by atoms with Crippen molar-refractivity contribution in [3.05, 3.63) is 60.2 Å². The number of amides is 2. The molecule has 152 valence electrons. The molecule has 0 aliphatic carbocycles. The number of piperidine rings is 1. The fourth-order valence-electron chi connectivity index (χ4n) is 4.44. The van der Waals surface area contributed by atoms with Crippen LogP contribution in [-0.2, 0) is 16.0 Å². The Bertz CT molecular complexity index is 890. The number of ether oxygens (including phenoxy) is 1. The number of hydrogen-bond donors (Lipinski definition) is 0. The second-order valence-corrected chi connectivity index (χ2v) is 8.08. The van der Waals surface area contributed by atoms with Crippen LogP contribution in [0.3, 0.4) is 0 Å². The van der Waals surface area contributed by atoms with Crippen LogP contribution in [0.25, 0.3) is 0 Å². The predicted octanol–water partition coefficient (Wildman–Crippen LogP) is 3.67. The smallest absolute Gasteiger partial charge is 0.280 e. The van der Waals surface area contributed by atoms with Crippen molar-refractivity contribution >= 4 is 17.5 Å². The molecule has 2 aliphatic rings. The number of para-hydroxylation sites is 2. The van der Waals surface area contributed by atoms with Gasteiger partial charge in [0.15, 0.2) is 0 Å². The quantitative estimate of drug-likeness (QED) is 0.746. The van der Waals surface area contributed by atoms with Gasteiger partial charge in [0, 0.05) is 19.6 Å². The molecule has 0 radical (unpaired) electrons. The second kappa shape index (κ2) is 7.90. The first kappa shape index (κ1) is 19.5. The number of benzene rings is 2. The molecule has 2 amide bonds. The van der Waals surface area contributed by atoms with Gasteiger partial charge >= 0.3 is 0 Å². The molecule has 1 fully saturated rings. The van der Waals surface area contributed by atoms with Crippen molar-refractivity contribution in [2.75, 3.05) is 24.5 Å². The first-order chi connectivity index (χ1) is 14.0. The standard InChI is InChI=1S/C24H28N2O3/c1-3-26-20-11-7-8-12-21(20)29-24(2,23(26)28)22(27)25-15-13-19(14-16-25)17-18-9-5-4-6-10-18/h4-12,19H,3,13-17H2,1-2H3. The number of carbonyl (C=O) groups is 2. The van der Waals surface area contributed by atoms with Crippen LogP contribution < -0.4 is 9.64 Å². The lowest BCUT2D eigenvalue weighted by atomic mass is 9.89. The van der Waals surface area contributed by atoms with Crippen molar-refractivity contribution in [2.24, 2.45) is 5.92 Å². The third-order valence-corrected chi connectivity index (χ3v) is 6.12. The molecule has 2 aromatic rings. The van der Waals surface area contributed by atoms with Crippen LogP contribution in [-0.4, -0.2) is 41.9 Å². The number of hydrogen-bond acceptors (Lipinski definition) is 3. The van der Waals surface area contributed by atoms with Crippen LogP contribution in [0.1, 0.15) is 32.3 Å². The first-order valence-corrected chi connectivity index (χ1v) is 10.5. The minimum atomic E-state index is -1.50. The summed E-state index contributed by atoms with van der Waals surface area (Å²) in [6.45, 7) is 5.36. The summed E-state index contributed by atoms with van der Waals surface area (Å²) >= 11 is 0. The van der Waals surface area contributed by atoms with Gasteiger partial charge in [0.25, 0.3) is 17.4 Å². The zero-order valence-corrected chi connectivity index (χ0v) is 17.1. The van der Waals surface area contributed by atoms with E-state index in [-0.39, 0.29) is 11.8 Å².